The number of carbonyl (C=O) groups excluding carboxylic acids is 1. The molecule has 0 spiro atoms. The summed E-state index contributed by atoms with van der Waals surface area (Å²) in [6.07, 6.45) is 1.68. The molecule has 1 fully saturated rings. The number of benzene rings is 1. The van der Waals surface area contributed by atoms with Crippen molar-refractivity contribution < 1.29 is 18.3 Å². The molecule has 1 aromatic carbocycles. The van der Waals surface area contributed by atoms with E-state index in [1.165, 1.54) is 38.4 Å². The van der Waals surface area contributed by atoms with Crippen molar-refractivity contribution in [1.29, 1.82) is 0 Å². The van der Waals surface area contributed by atoms with E-state index in [0.29, 0.717) is 12.1 Å². The fraction of sp³-hybridized carbons (Fsp3) is 0.500. The highest BCUT2D eigenvalue weighted by molar-refractivity contribution is 7.89. The van der Waals surface area contributed by atoms with E-state index in [0.717, 1.165) is 17.1 Å². The molecule has 0 bridgehead atoms. The molecule has 1 heterocycles. The van der Waals surface area contributed by atoms with E-state index in [2.05, 4.69) is 0 Å². The number of likely N-dealkylation sites (tertiary alicyclic amines) is 1. The van der Waals surface area contributed by atoms with Crippen LogP contribution in [0.2, 0.25) is 0 Å². The summed E-state index contributed by atoms with van der Waals surface area (Å²) in [4.78, 5) is 14.2. The standard InChI is InChI=1S/C14H20N2O4S/c1-15(2)21(19,20)13-7-5-11(6-8-13)14(18)16-9-3-4-12(16)10-17/h5-8,12,17H,3-4,9-10H2,1-2H3/t12-/m0/s1. The maximum atomic E-state index is 12.4. The van der Waals surface area contributed by atoms with Gasteiger partial charge in [-0.1, -0.05) is 0 Å². The Hall–Kier alpha value is -1.44. The second-order valence-electron chi connectivity index (χ2n) is 5.29. The third-order valence-electron chi connectivity index (χ3n) is 3.73. The number of hydrogen-bond acceptors (Lipinski definition) is 4. The first-order valence-corrected chi connectivity index (χ1v) is 8.26. The minimum atomic E-state index is -3.49. The maximum Gasteiger partial charge on any atom is 0.254 e. The second kappa shape index (κ2) is 6.13. The quantitative estimate of drug-likeness (QED) is 0.880. The van der Waals surface area contributed by atoms with Crippen molar-refractivity contribution in [3.05, 3.63) is 29.8 Å². The van der Waals surface area contributed by atoms with E-state index >= 15 is 0 Å². The van der Waals surface area contributed by atoms with Gasteiger partial charge in [0.05, 0.1) is 17.5 Å². The van der Waals surface area contributed by atoms with Crippen LogP contribution in [0.15, 0.2) is 29.2 Å². The molecule has 1 N–H and O–H groups in total. The van der Waals surface area contributed by atoms with Gasteiger partial charge in [0.1, 0.15) is 0 Å². The number of amides is 1. The molecule has 0 aromatic heterocycles. The lowest BCUT2D eigenvalue weighted by atomic mass is 10.2. The topological polar surface area (TPSA) is 77.9 Å². The predicted molar refractivity (Wildman–Crippen MR) is 78.5 cm³/mol. The summed E-state index contributed by atoms with van der Waals surface area (Å²) in [5.74, 6) is -0.166. The Balaban J connectivity index is 2.21. The van der Waals surface area contributed by atoms with Gasteiger partial charge < -0.3 is 10.0 Å². The van der Waals surface area contributed by atoms with Crippen LogP contribution in [0.25, 0.3) is 0 Å². The molecule has 116 valence electrons. The van der Waals surface area contributed by atoms with E-state index in [4.69, 9.17) is 0 Å². The molecule has 0 unspecified atom stereocenters. The molecule has 2 rings (SSSR count). The van der Waals surface area contributed by atoms with Gasteiger partial charge in [0.25, 0.3) is 5.91 Å². The van der Waals surface area contributed by atoms with Crippen molar-refractivity contribution in [3.8, 4) is 0 Å². The first-order chi connectivity index (χ1) is 9.87. The Labute approximate surface area is 125 Å². The third kappa shape index (κ3) is 3.09. The first kappa shape index (κ1) is 15.9. The second-order valence-corrected chi connectivity index (χ2v) is 7.44. The zero-order valence-corrected chi connectivity index (χ0v) is 13.0. The molecule has 1 atom stereocenters. The summed E-state index contributed by atoms with van der Waals surface area (Å²) < 4.78 is 25.1. The van der Waals surface area contributed by atoms with Gasteiger partial charge in [0.15, 0.2) is 0 Å². The molecule has 1 amide bonds. The average molecular weight is 312 g/mol. The first-order valence-electron chi connectivity index (χ1n) is 6.82. The Bertz CT molecular complexity index is 610. The molecular weight excluding hydrogens is 292 g/mol. The van der Waals surface area contributed by atoms with Gasteiger partial charge in [-0.05, 0) is 37.1 Å². The van der Waals surface area contributed by atoms with Crippen LogP contribution < -0.4 is 0 Å². The molecule has 7 heteroatoms. The molecular formula is C14H20N2O4S. The van der Waals surface area contributed by atoms with Crippen LogP contribution in [0.1, 0.15) is 23.2 Å². The molecule has 1 saturated heterocycles. The van der Waals surface area contributed by atoms with Crippen LogP contribution >= 0.6 is 0 Å². The van der Waals surface area contributed by atoms with Gasteiger partial charge in [-0.2, -0.15) is 0 Å². The third-order valence-corrected chi connectivity index (χ3v) is 5.56. The smallest absolute Gasteiger partial charge is 0.254 e. The van der Waals surface area contributed by atoms with E-state index in [-0.39, 0.29) is 23.5 Å². The van der Waals surface area contributed by atoms with Crippen molar-refractivity contribution in [2.75, 3.05) is 27.2 Å². The van der Waals surface area contributed by atoms with Crippen LogP contribution in [0.4, 0.5) is 0 Å². The highest BCUT2D eigenvalue weighted by atomic mass is 32.2. The lowest BCUT2D eigenvalue weighted by Gasteiger charge is -2.23. The summed E-state index contributed by atoms with van der Waals surface area (Å²) in [6, 6.07) is 5.78. The monoisotopic (exact) mass is 312 g/mol. The summed E-state index contributed by atoms with van der Waals surface area (Å²) in [5, 5.41) is 9.27. The van der Waals surface area contributed by atoms with E-state index < -0.39 is 10.0 Å². The molecule has 1 aliphatic heterocycles. The Morgan fingerprint density at radius 1 is 1.33 bits per heavy atom. The van der Waals surface area contributed by atoms with Crippen molar-refractivity contribution in [2.24, 2.45) is 0 Å². The van der Waals surface area contributed by atoms with Crippen LogP contribution in [-0.4, -0.2) is 61.9 Å². The van der Waals surface area contributed by atoms with Crippen LogP contribution in [0, 0.1) is 0 Å². The van der Waals surface area contributed by atoms with Gasteiger partial charge in [-0.25, -0.2) is 12.7 Å². The zero-order chi connectivity index (χ0) is 15.6. The lowest BCUT2D eigenvalue weighted by Crippen LogP contribution is -2.37. The summed E-state index contributed by atoms with van der Waals surface area (Å²) >= 11 is 0. The molecule has 1 aliphatic rings. The number of aliphatic hydroxyl groups is 1. The number of nitrogens with zero attached hydrogens (tertiary/aromatic N) is 2. The highest BCUT2D eigenvalue weighted by Crippen LogP contribution is 2.21. The zero-order valence-electron chi connectivity index (χ0n) is 12.2. The van der Waals surface area contributed by atoms with E-state index in [1.54, 1.807) is 4.90 Å². The minimum absolute atomic E-state index is 0.0428. The van der Waals surface area contributed by atoms with Crippen molar-refractivity contribution >= 4 is 15.9 Å². The van der Waals surface area contributed by atoms with Crippen molar-refractivity contribution in [1.82, 2.24) is 9.21 Å². The Morgan fingerprint density at radius 3 is 2.48 bits per heavy atom. The molecule has 6 nitrogen and oxygen atoms in total. The van der Waals surface area contributed by atoms with Crippen molar-refractivity contribution in [2.45, 2.75) is 23.8 Å². The fourth-order valence-corrected chi connectivity index (χ4v) is 3.34. The average Bonchev–Trinajstić information content (AvgIpc) is 2.94. The van der Waals surface area contributed by atoms with Gasteiger partial charge in [0.2, 0.25) is 10.0 Å². The number of rotatable bonds is 4. The van der Waals surface area contributed by atoms with Gasteiger partial charge in [0, 0.05) is 26.2 Å². The van der Waals surface area contributed by atoms with Gasteiger partial charge in [-0.3, -0.25) is 4.79 Å². The Morgan fingerprint density at radius 2 is 1.95 bits per heavy atom. The molecule has 21 heavy (non-hydrogen) atoms. The van der Waals surface area contributed by atoms with Crippen LogP contribution in [0.5, 0.6) is 0 Å². The number of aliphatic hydroxyl groups excluding tert-OH is 1. The molecule has 0 saturated carbocycles. The largest absolute Gasteiger partial charge is 0.394 e. The Kier molecular flexibility index (Phi) is 4.65. The van der Waals surface area contributed by atoms with E-state index in [1.807, 2.05) is 0 Å². The molecule has 1 aromatic rings. The van der Waals surface area contributed by atoms with Crippen LogP contribution in [0.3, 0.4) is 0 Å². The summed E-state index contributed by atoms with van der Waals surface area (Å²) in [7, 11) is -0.560. The number of carbonyl (C=O) groups is 1. The molecule has 0 radical (unpaired) electrons. The van der Waals surface area contributed by atoms with Crippen LogP contribution in [-0.2, 0) is 10.0 Å². The normalized spacial score (nSPS) is 19.2. The highest BCUT2D eigenvalue weighted by Gasteiger charge is 2.29. The fourth-order valence-electron chi connectivity index (χ4n) is 2.44. The van der Waals surface area contributed by atoms with Gasteiger partial charge in [-0.15, -0.1) is 0 Å². The van der Waals surface area contributed by atoms with Crippen molar-refractivity contribution in [3.63, 3.8) is 0 Å². The lowest BCUT2D eigenvalue weighted by molar-refractivity contribution is 0.0677. The SMILES string of the molecule is CN(C)S(=O)(=O)c1ccc(C(=O)N2CCC[C@H]2CO)cc1. The molecule has 0 aliphatic carbocycles. The number of hydrogen-bond donors (Lipinski definition) is 1. The van der Waals surface area contributed by atoms with E-state index in [9.17, 15) is 18.3 Å². The summed E-state index contributed by atoms with van der Waals surface area (Å²) in [6.45, 7) is 0.584. The maximum absolute atomic E-state index is 12.4. The minimum Gasteiger partial charge on any atom is -0.394 e. The summed E-state index contributed by atoms with van der Waals surface area (Å²) in [5.41, 5.74) is 0.438. The van der Waals surface area contributed by atoms with Gasteiger partial charge >= 0.3 is 0 Å². The number of sulfonamides is 1. The predicted octanol–water partition coefficient (Wildman–Crippen LogP) is 0.534.